The van der Waals surface area contributed by atoms with E-state index < -0.39 is 11.7 Å². The van der Waals surface area contributed by atoms with Crippen molar-refractivity contribution in [3.8, 4) is 0 Å². The van der Waals surface area contributed by atoms with Crippen LogP contribution in [-0.4, -0.2) is 30.0 Å². The zero-order chi connectivity index (χ0) is 18.0. The Bertz CT molecular complexity index is 679. The highest BCUT2D eigenvalue weighted by Gasteiger charge is 2.31. The summed E-state index contributed by atoms with van der Waals surface area (Å²) in [6.45, 7) is 5.64. The topological polar surface area (TPSA) is 18.8 Å². The minimum atomic E-state index is -4.33. The number of rotatable bonds is 3. The van der Waals surface area contributed by atoms with Crippen LogP contribution in [0.4, 0.5) is 18.9 Å². The molecule has 2 aliphatic rings. The normalized spacial score (nSPS) is 21.4. The van der Waals surface area contributed by atoms with Crippen molar-refractivity contribution in [1.29, 1.82) is 0 Å². The Balaban J connectivity index is 1.88. The molecule has 6 heteroatoms. The molecule has 1 aromatic carbocycles. The third-order valence-corrected chi connectivity index (χ3v) is 4.86. The van der Waals surface area contributed by atoms with E-state index in [1.165, 1.54) is 12.1 Å². The second-order valence-electron chi connectivity index (χ2n) is 6.70. The molecular formula is C19H24F3N3. The van der Waals surface area contributed by atoms with Gasteiger partial charge in [0, 0.05) is 24.0 Å². The molecule has 0 spiro atoms. The molecule has 3 rings (SSSR count). The Morgan fingerprint density at radius 1 is 1.28 bits per heavy atom. The van der Waals surface area contributed by atoms with E-state index in [9.17, 15) is 13.2 Å². The van der Waals surface area contributed by atoms with Gasteiger partial charge in [-0.3, -0.25) is 0 Å². The molecule has 1 atom stereocenters. The van der Waals surface area contributed by atoms with E-state index in [-0.39, 0.29) is 0 Å². The molecular weight excluding hydrogens is 327 g/mol. The summed E-state index contributed by atoms with van der Waals surface area (Å²) in [6, 6.07) is 5.97. The number of anilines is 1. The summed E-state index contributed by atoms with van der Waals surface area (Å²) in [5.74, 6) is 0.969. The highest BCUT2D eigenvalue weighted by Crippen LogP contribution is 2.34. The van der Waals surface area contributed by atoms with Gasteiger partial charge in [-0.15, -0.1) is 0 Å². The van der Waals surface area contributed by atoms with E-state index >= 15 is 0 Å². The molecule has 1 fully saturated rings. The molecule has 1 saturated heterocycles. The first-order valence-electron chi connectivity index (χ1n) is 8.86. The van der Waals surface area contributed by atoms with Crippen LogP contribution in [0.25, 0.3) is 0 Å². The number of hydrogen-bond donors (Lipinski definition) is 0. The molecule has 2 heterocycles. The van der Waals surface area contributed by atoms with E-state index in [1.54, 1.807) is 6.07 Å². The van der Waals surface area contributed by atoms with Crippen molar-refractivity contribution < 1.29 is 13.2 Å². The Morgan fingerprint density at radius 2 is 2.08 bits per heavy atom. The minimum absolute atomic E-state index is 0.367. The molecule has 0 aromatic heterocycles. The predicted molar refractivity (Wildman–Crippen MR) is 94.6 cm³/mol. The molecule has 2 aliphatic heterocycles. The van der Waals surface area contributed by atoms with Crippen LogP contribution in [0.1, 0.15) is 45.1 Å². The van der Waals surface area contributed by atoms with Crippen molar-refractivity contribution >= 4 is 11.5 Å². The summed E-state index contributed by atoms with van der Waals surface area (Å²) < 4.78 is 39.1. The number of alkyl halides is 3. The second-order valence-corrected chi connectivity index (χ2v) is 6.70. The zero-order valence-electron chi connectivity index (χ0n) is 14.7. The third kappa shape index (κ3) is 3.83. The number of amidine groups is 1. The molecule has 1 aromatic rings. The number of halogens is 3. The standard InChI is InChI=1S/C19H24F3N3/c1-3-6-16-12-18(24-10-5-7-14(24)2)23-13-25(16)17-9-4-8-15(11-17)19(20,21)22/h4,8-9,11-12,14H,3,5-7,10,13H2,1-2H3/t14-/m1/s1. The summed E-state index contributed by atoms with van der Waals surface area (Å²) in [5.41, 5.74) is 0.960. The van der Waals surface area contributed by atoms with Crippen LogP contribution >= 0.6 is 0 Å². The summed E-state index contributed by atoms with van der Waals surface area (Å²) in [5, 5.41) is 0. The highest BCUT2D eigenvalue weighted by atomic mass is 19.4. The van der Waals surface area contributed by atoms with Crippen LogP contribution in [0.15, 0.2) is 41.0 Å². The van der Waals surface area contributed by atoms with Gasteiger partial charge in [-0.2, -0.15) is 13.2 Å². The Hall–Kier alpha value is -1.98. The van der Waals surface area contributed by atoms with E-state index in [0.29, 0.717) is 18.4 Å². The van der Waals surface area contributed by atoms with Crippen molar-refractivity contribution in [2.75, 3.05) is 18.1 Å². The first-order valence-corrected chi connectivity index (χ1v) is 8.86. The van der Waals surface area contributed by atoms with Crippen LogP contribution in [0, 0.1) is 0 Å². The summed E-state index contributed by atoms with van der Waals surface area (Å²) >= 11 is 0. The molecule has 0 bridgehead atoms. The first kappa shape index (κ1) is 17.8. The van der Waals surface area contributed by atoms with Crippen LogP contribution in [0.2, 0.25) is 0 Å². The number of allylic oxidation sites excluding steroid dienone is 1. The lowest BCUT2D eigenvalue weighted by Crippen LogP contribution is -2.38. The van der Waals surface area contributed by atoms with Gasteiger partial charge in [-0.05, 0) is 50.5 Å². The second kappa shape index (κ2) is 7.10. The number of aliphatic imine (C=N–C) groups is 1. The van der Waals surface area contributed by atoms with Gasteiger partial charge in [0.1, 0.15) is 12.5 Å². The van der Waals surface area contributed by atoms with E-state index in [0.717, 1.165) is 49.8 Å². The van der Waals surface area contributed by atoms with Gasteiger partial charge < -0.3 is 9.80 Å². The lowest BCUT2D eigenvalue weighted by molar-refractivity contribution is -0.137. The van der Waals surface area contributed by atoms with Gasteiger partial charge >= 0.3 is 6.18 Å². The molecule has 0 aliphatic carbocycles. The monoisotopic (exact) mass is 351 g/mol. The minimum Gasteiger partial charge on any atom is -0.354 e. The van der Waals surface area contributed by atoms with E-state index in [1.807, 2.05) is 4.90 Å². The zero-order valence-corrected chi connectivity index (χ0v) is 14.7. The molecule has 0 radical (unpaired) electrons. The van der Waals surface area contributed by atoms with Crippen molar-refractivity contribution in [2.45, 2.75) is 51.7 Å². The fraction of sp³-hybridized carbons (Fsp3) is 0.526. The Morgan fingerprint density at radius 3 is 2.72 bits per heavy atom. The molecule has 0 saturated carbocycles. The smallest absolute Gasteiger partial charge is 0.354 e. The summed E-state index contributed by atoms with van der Waals surface area (Å²) in [7, 11) is 0. The van der Waals surface area contributed by atoms with Gasteiger partial charge in [0.15, 0.2) is 0 Å². The van der Waals surface area contributed by atoms with Crippen LogP contribution in [0.5, 0.6) is 0 Å². The first-order chi connectivity index (χ1) is 11.9. The van der Waals surface area contributed by atoms with Gasteiger partial charge in [0.2, 0.25) is 0 Å². The fourth-order valence-corrected chi connectivity index (χ4v) is 3.51. The van der Waals surface area contributed by atoms with Crippen molar-refractivity contribution in [1.82, 2.24) is 4.90 Å². The number of hydrogen-bond acceptors (Lipinski definition) is 3. The van der Waals surface area contributed by atoms with Gasteiger partial charge in [0.05, 0.1) is 5.56 Å². The third-order valence-electron chi connectivity index (χ3n) is 4.86. The highest BCUT2D eigenvalue weighted by molar-refractivity contribution is 5.95. The average Bonchev–Trinajstić information content (AvgIpc) is 3.00. The van der Waals surface area contributed by atoms with Crippen LogP contribution < -0.4 is 4.90 Å². The van der Waals surface area contributed by atoms with Crippen LogP contribution in [-0.2, 0) is 6.18 Å². The lowest BCUT2D eigenvalue weighted by Gasteiger charge is -2.33. The van der Waals surface area contributed by atoms with E-state index in [4.69, 9.17) is 0 Å². The largest absolute Gasteiger partial charge is 0.416 e. The van der Waals surface area contributed by atoms with Gasteiger partial charge in [0.25, 0.3) is 0 Å². The van der Waals surface area contributed by atoms with Gasteiger partial charge in [-0.1, -0.05) is 19.4 Å². The number of likely N-dealkylation sites (tertiary alicyclic amines) is 1. The quantitative estimate of drug-likeness (QED) is 0.759. The van der Waals surface area contributed by atoms with E-state index in [2.05, 4.69) is 29.8 Å². The molecule has 0 unspecified atom stereocenters. The number of benzene rings is 1. The number of nitrogens with zero attached hydrogens (tertiary/aromatic N) is 3. The maximum atomic E-state index is 13.0. The average molecular weight is 351 g/mol. The predicted octanol–water partition coefficient (Wildman–Crippen LogP) is 5.05. The molecule has 25 heavy (non-hydrogen) atoms. The molecule has 0 amide bonds. The van der Waals surface area contributed by atoms with Crippen molar-refractivity contribution in [2.24, 2.45) is 4.99 Å². The lowest BCUT2D eigenvalue weighted by atomic mass is 10.1. The van der Waals surface area contributed by atoms with Crippen LogP contribution in [0.3, 0.4) is 0 Å². The maximum absolute atomic E-state index is 13.0. The summed E-state index contributed by atoms with van der Waals surface area (Å²) in [6.07, 6.45) is 1.79. The summed E-state index contributed by atoms with van der Waals surface area (Å²) in [4.78, 5) is 8.85. The van der Waals surface area contributed by atoms with Crippen molar-refractivity contribution in [3.05, 3.63) is 41.6 Å². The maximum Gasteiger partial charge on any atom is 0.416 e. The van der Waals surface area contributed by atoms with Gasteiger partial charge in [-0.25, -0.2) is 4.99 Å². The molecule has 136 valence electrons. The SMILES string of the molecule is CCCC1=CC(N2CCC[C@H]2C)=NCN1c1cccc(C(F)(F)F)c1. The molecule has 0 N–H and O–H groups in total. The fourth-order valence-electron chi connectivity index (χ4n) is 3.51. The van der Waals surface area contributed by atoms with Crippen molar-refractivity contribution in [3.63, 3.8) is 0 Å². The molecule has 3 nitrogen and oxygen atoms in total. The Labute approximate surface area is 146 Å². The Kier molecular flexibility index (Phi) is 5.06.